The molecule has 2 N–H and O–H groups in total. The molecule has 0 spiro atoms. The fraction of sp³-hybridized carbons (Fsp3) is 0.385. The molecule has 0 aliphatic rings. The number of carboxylic acid groups (broad SMARTS) is 1. The van der Waals surface area contributed by atoms with Crippen molar-refractivity contribution in [2.45, 2.75) is 25.1 Å². The molecule has 0 radical (unpaired) electrons. The summed E-state index contributed by atoms with van der Waals surface area (Å²) in [5.74, 6) is -1.27. The SMILES string of the molecule is O=C(O)C(CCCNF)N=Cc1ccccc1C(F)(F)F. The normalized spacial score (nSPS) is 13.5. The third-order valence-corrected chi connectivity index (χ3v) is 2.69. The number of benzene rings is 1. The van der Waals surface area contributed by atoms with Gasteiger partial charge in [-0.2, -0.15) is 18.7 Å². The smallest absolute Gasteiger partial charge is 0.417 e. The Morgan fingerprint density at radius 1 is 1.38 bits per heavy atom. The van der Waals surface area contributed by atoms with Crippen LogP contribution in [-0.2, 0) is 11.0 Å². The molecule has 0 saturated carbocycles. The maximum Gasteiger partial charge on any atom is 0.417 e. The Morgan fingerprint density at radius 3 is 2.62 bits per heavy atom. The van der Waals surface area contributed by atoms with E-state index in [4.69, 9.17) is 5.11 Å². The number of carboxylic acids is 1. The number of aliphatic carboxylic acids is 1. The highest BCUT2D eigenvalue weighted by molar-refractivity contribution is 5.85. The van der Waals surface area contributed by atoms with E-state index in [0.717, 1.165) is 12.3 Å². The molecule has 0 fully saturated rings. The van der Waals surface area contributed by atoms with Gasteiger partial charge in [0, 0.05) is 18.3 Å². The fourth-order valence-electron chi connectivity index (χ4n) is 1.66. The van der Waals surface area contributed by atoms with Gasteiger partial charge in [0.2, 0.25) is 0 Å². The number of nitrogens with one attached hydrogen (secondary N) is 1. The maximum absolute atomic E-state index is 12.8. The third kappa shape index (κ3) is 5.50. The number of nitrogens with zero attached hydrogens (tertiary/aromatic N) is 1. The van der Waals surface area contributed by atoms with E-state index >= 15 is 0 Å². The zero-order valence-corrected chi connectivity index (χ0v) is 10.9. The first-order chi connectivity index (χ1) is 9.86. The summed E-state index contributed by atoms with van der Waals surface area (Å²) in [6.07, 6.45) is -3.42. The zero-order chi connectivity index (χ0) is 15.9. The van der Waals surface area contributed by atoms with Gasteiger partial charge >= 0.3 is 12.1 Å². The number of hydrogen-bond acceptors (Lipinski definition) is 3. The highest BCUT2D eigenvalue weighted by Crippen LogP contribution is 2.31. The molecular weight excluding hydrogens is 292 g/mol. The Labute approximate surface area is 118 Å². The third-order valence-electron chi connectivity index (χ3n) is 2.69. The summed E-state index contributed by atoms with van der Waals surface area (Å²) < 4.78 is 50.0. The summed E-state index contributed by atoms with van der Waals surface area (Å²) in [6.45, 7) is -0.0432. The van der Waals surface area contributed by atoms with Crippen molar-refractivity contribution in [3.8, 4) is 0 Å². The molecule has 1 rings (SSSR count). The molecule has 8 heteroatoms. The van der Waals surface area contributed by atoms with Gasteiger partial charge in [-0.3, -0.25) is 4.99 Å². The summed E-state index contributed by atoms with van der Waals surface area (Å²) in [7, 11) is 0. The van der Waals surface area contributed by atoms with Gasteiger partial charge in [0.05, 0.1) is 5.56 Å². The zero-order valence-electron chi connectivity index (χ0n) is 10.9. The molecule has 0 aliphatic carbocycles. The molecule has 116 valence electrons. The first-order valence-corrected chi connectivity index (χ1v) is 6.12. The highest BCUT2D eigenvalue weighted by Gasteiger charge is 2.32. The second kappa shape index (κ2) is 7.72. The van der Waals surface area contributed by atoms with E-state index in [9.17, 15) is 22.4 Å². The van der Waals surface area contributed by atoms with Crippen LogP contribution in [0.5, 0.6) is 0 Å². The lowest BCUT2D eigenvalue weighted by atomic mass is 10.1. The lowest BCUT2D eigenvalue weighted by Gasteiger charge is -2.10. The number of halogens is 4. The standard InChI is InChI=1S/C13H14F4N2O2/c14-13(15,16)10-5-2-1-4-9(10)8-18-11(12(20)21)6-3-7-19-17/h1-2,4-5,8,11,19H,3,6-7H2,(H,20,21). The number of carbonyl (C=O) groups is 1. The van der Waals surface area contributed by atoms with Gasteiger partial charge in [-0.25, -0.2) is 4.79 Å². The lowest BCUT2D eigenvalue weighted by molar-refractivity contribution is -0.138. The molecule has 1 unspecified atom stereocenters. The first kappa shape index (κ1) is 17.1. The van der Waals surface area contributed by atoms with Crippen LogP contribution in [0.4, 0.5) is 17.7 Å². The second-order valence-corrected chi connectivity index (χ2v) is 4.24. The minimum Gasteiger partial charge on any atom is -0.480 e. The summed E-state index contributed by atoms with van der Waals surface area (Å²) in [4.78, 5) is 14.6. The van der Waals surface area contributed by atoms with Crippen LogP contribution in [0.25, 0.3) is 0 Å². The van der Waals surface area contributed by atoms with E-state index in [-0.39, 0.29) is 24.9 Å². The average molecular weight is 306 g/mol. The first-order valence-electron chi connectivity index (χ1n) is 6.12. The summed E-state index contributed by atoms with van der Waals surface area (Å²) in [6, 6.07) is 3.53. The van der Waals surface area contributed by atoms with E-state index in [1.54, 1.807) is 0 Å². The summed E-state index contributed by atoms with van der Waals surface area (Å²) >= 11 is 0. The minimum atomic E-state index is -4.54. The van der Waals surface area contributed by atoms with Crippen LogP contribution in [0, 0.1) is 0 Å². The summed E-state index contributed by atoms with van der Waals surface area (Å²) in [5, 5.41) is 8.93. The average Bonchev–Trinajstić information content (AvgIpc) is 2.41. The Balaban J connectivity index is 2.89. The Bertz CT molecular complexity index is 503. The molecule has 0 aliphatic heterocycles. The lowest BCUT2D eigenvalue weighted by Crippen LogP contribution is -2.20. The van der Waals surface area contributed by atoms with Gasteiger partial charge in [0.1, 0.15) is 6.04 Å². The van der Waals surface area contributed by atoms with Gasteiger partial charge < -0.3 is 5.11 Å². The maximum atomic E-state index is 12.8. The Hall–Kier alpha value is -1.96. The van der Waals surface area contributed by atoms with Crippen LogP contribution in [0.15, 0.2) is 29.3 Å². The monoisotopic (exact) mass is 306 g/mol. The van der Waals surface area contributed by atoms with E-state index in [2.05, 4.69) is 4.99 Å². The molecule has 0 amide bonds. The molecule has 1 atom stereocenters. The van der Waals surface area contributed by atoms with Crippen molar-refractivity contribution in [2.75, 3.05) is 6.54 Å². The number of hydrogen-bond donors (Lipinski definition) is 2. The molecule has 0 aromatic heterocycles. The predicted octanol–water partition coefficient (Wildman–Crippen LogP) is 2.83. The topological polar surface area (TPSA) is 61.7 Å². The molecule has 21 heavy (non-hydrogen) atoms. The molecule has 4 nitrogen and oxygen atoms in total. The van der Waals surface area contributed by atoms with Crippen LogP contribution < -0.4 is 5.54 Å². The number of aliphatic imine (C=N–C) groups is 1. The van der Waals surface area contributed by atoms with Crippen molar-refractivity contribution in [2.24, 2.45) is 4.99 Å². The molecule has 1 aromatic carbocycles. The second-order valence-electron chi connectivity index (χ2n) is 4.24. The van der Waals surface area contributed by atoms with E-state index in [1.807, 2.05) is 0 Å². The molecule has 1 aromatic rings. The predicted molar refractivity (Wildman–Crippen MR) is 68.8 cm³/mol. The van der Waals surface area contributed by atoms with Crippen molar-refractivity contribution in [3.63, 3.8) is 0 Å². The van der Waals surface area contributed by atoms with Gasteiger partial charge in [-0.1, -0.05) is 18.2 Å². The highest BCUT2D eigenvalue weighted by atomic mass is 19.4. The Morgan fingerprint density at radius 2 is 2.05 bits per heavy atom. The van der Waals surface area contributed by atoms with Crippen molar-refractivity contribution in [1.82, 2.24) is 5.54 Å². The van der Waals surface area contributed by atoms with E-state index in [0.29, 0.717) is 0 Å². The van der Waals surface area contributed by atoms with Crippen LogP contribution in [-0.4, -0.2) is 29.9 Å². The van der Waals surface area contributed by atoms with Gasteiger partial charge in [-0.15, -0.1) is 4.48 Å². The largest absolute Gasteiger partial charge is 0.480 e. The molecular formula is C13H14F4N2O2. The molecule has 0 saturated heterocycles. The fourth-order valence-corrected chi connectivity index (χ4v) is 1.66. The summed E-state index contributed by atoms with van der Waals surface area (Å²) in [5.41, 5.74) is 0.277. The van der Waals surface area contributed by atoms with Crippen molar-refractivity contribution >= 4 is 12.2 Å². The number of rotatable bonds is 7. The van der Waals surface area contributed by atoms with Crippen LogP contribution in [0.2, 0.25) is 0 Å². The van der Waals surface area contributed by atoms with Crippen molar-refractivity contribution in [1.29, 1.82) is 0 Å². The van der Waals surface area contributed by atoms with Gasteiger partial charge in [-0.05, 0) is 18.9 Å². The molecule has 0 bridgehead atoms. The van der Waals surface area contributed by atoms with Crippen molar-refractivity contribution < 1.29 is 27.6 Å². The number of alkyl halides is 3. The van der Waals surface area contributed by atoms with Gasteiger partial charge in [0.25, 0.3) is 0 Å². The molecule has 0 heterocycles. The minimum absolute atomic E-state index is 0.0247. The van der Waals surface area contributed by atoms with Crippen LogP contribution >= 0.6 is 0 Å². The van der Waals surface area contributed by atoms with Crippen LogP contribution in [0.3, 0.4) is 0 Å². The van der Waals surface area contributed by atoms with E-state index in [1.165, 1.54) is 23.7 Å². The van der Waals surface area contributed by atoms with Crippen molar-refractivity contribution in [3.05, 3.63) is 35.4 Å². The van der Waals surface area contributed by atoms with E-state index < -0.39 is 23.8 Å². The van der Waals surface area contributed by atoms with Crippen LogP contribution in [0.1, 0.15) is 24.0 Å². The Kier molecular flexibility index (Phi) is 6.29. The van der Waals surface area contributed by atoms with Gasteiger partial charge in [0.15, 0.2) is 0 Å². The quantitative estimate of drug-likeness (QED) is 0.352.